The van der Waals surface area contributed by atoms with Crippen LogP contribution in [0.1, 0.15) is 21.5 Å². The Labute approximate surface area is 166 Å². The van der Waals surface area contributed by atoms with Crippen LogP contribution in [0.3, 0.4) is 0 Å². The third-order valence-corrected chi connectivity index (χ3v) is 6.57. The minimum Gasteiger partial charge on any atom is -0.386 e. The highest BCUT2D eigenvalue weighted by Gasteiger charge is 2.25. The Morgan fingerprint density at radius 3 is 2.56 bits per heavy atom. The predicted octanol–water partition coefficient (Wildman–Crippen LogP) is 3.36. The van der Waals surface area contributed by atoms with Gasteiger partial charge in [0.25, 0.3) is 5.91 Å². The molecule has 0 bridgehead atoms. The number of amides is 1. The minimum absolute atomic E-state index is 0.00751. The first-order chi connectivity index (χ1) is 13.2. The van der Waals surface area contributed by atoms with Gasteiger partial charge in [0.1, 0.15) is 16.8 Å². The summed E-state index contributed by atoms with van der Waals surface area (Å²) in [5.74, 6) is -0.00751. The van der Waals surface area contributed by atoms with Gasteiger partial charge < -0.3 is 10.0 Å². The number of aromatic nitrogens is 1. The number of β-amino-alcohol motifs (C(OH)–C–C–N with tert-alkyl or cyclic N) is 1. The molecule has 0 radical (unpaired) electrons. The average Bonchev–Trinajstić information content (AvgIpc) is 3.41. The molecule has 1 fully saturated rings. The number of thiazole rings is 1. The molecule has 27 heavy (non-hydrogen) atoms. The molecule has 1 amide bonds. The zero-order valence-corrected chi connectivity index (χ0v) is 16.5. The molecule has 1 saturated heterocycles. The standard InChI is InChI=1S/C20H21N3O2S2/c24-17(18-7-4-12-26-18)13-22-8-10-23(11-9-22)20(25)16-14-27-19(21-16)15-5-2-1-3-6-15/h1-7,12,14,17,24H,8-11,13H2. The number of aliphatic hydroxyl groups excluding tert-OH is 1. The van der Waals surface area contributed by atoms with Crippen molar-refractivity contribution in [2.75, 3.05) is 32.7 Å². The van der Waals surface area contributed by atoms with Crippen LogP contribution >= 0.6 is 22.7 Å². The molecule has 3 aromatic rings. The van der Waals surface area contributed by atoms with Gasteiger partial charge in [-0.05, 0) is 11.4 Å². The second kappa shape index (κ2) is 8.31. The molecule has 5 nitrogen and oxygen atoms in total. The third kappa shape index (κ3) is 4.27. The molecular formula is C20H21N3O2S2. The van der Waals surface area contributed by atoms with E-state index in [0.29, 0.717) is 25.3 Å². The number of rotatable bonds is 5. The van der Waals surface area contributed by atoms with Gasteiger partial charge in [-0.15, -0.1) is 22.7 Å². The van der Waals surface area contributed by atoms with Crippen molar-refractivity contribution in [3.05, 3.63) is 63.8 Å². The third-order valence-electron chi connectivity index (χ3n) is 4.71. The van der Waals surface area contributed by atoms with Gasteiger partial charge in [0.2, 0.25) is 0 Å². The van der Waals surface area contributed by atoms with Crippen molar-refractivity contribution in [3.8, 4) is 10.6 Å². The quantitative estimate of drug-likeness (QED) is 0.715. The van der Waals surface area contributed by atoms with E-state index in [-0.39, 0.29) is 5.91 Å². The summed E-state index contributed by atoms with van der Waals surface area (Å²) in [6, 6.07) is 13.8. The maximum absolute atomic E-state index is 12.8. The van der Waals surface area contributed by atoms with Gasteiger partial charge in [-0.1, -0.05) is 36.4 Å². The van der Waals surface area contributed by atoms with Crippen LogP contribution in [0.5, 0.6) is 0 Å². The van der Waals surface area contributed by atoms with Crippen LogP contribution < -0.4 is 0 Å². The summed E-state index contributed by atoms with van der Waals surface area (Å²) >= 11 is 3.08. The molecule has 1 N–H and O–H groups in total. The van der Waals surface area contributed by atoms with E-state index in [1.165, 1.54) is 11.3 Å². The fourth-order valence-corrected chi connectivity index (χ4v) is 4.70. The van der Waals surface area contributed by atoms with E-state index < -0.39 is 6.10 Å². The largest absolute Gasteiger partial charge is 0.386 e. The number of nitrogens with zero attached hydrogens (tertiary/aromatic N) is 3. The summed E-state index contributed by atoms with van der Waals surface area (Å²) in [6.07, 6.45) is -0.459. The number of aliphatic hydroxyl groups is 1. The number of benzene rings is 1. The Bertz CT molecular complexity index is 872. The van der Waals surface area contributed by atoms with Crippen LogP contribution in [-0.4, -0.2) is 58.5 Å². The van der Waals surface area contributed by atoms with E-state index in [1.807, 2.05) is 58.1 Å². The lowest BCUT2D eigenvalue weighted by atomic mass is 10.2. The summed E-state index contributed by atoms with van der Waals surface area (Å²) in [7, 11) is 0. The second-order valence-corrected chi connectivity index (χ2v) is 8.37. The minimum atomic E-state index is -0.459. The Balaban J connectivity index is 1.33. The predicted molar refractivity (Wildman–Crippen MR) is 109 cm³/mol. The first-order valence-corrected chi connectivity index (χ1v) is 10.7. The molecule has 1 aliphatic heterocycles. The maximum atomic E-state index is 12.8. The molecule has 4 rings (SSSR count). The zero-order valence-electron chi connectivity index (χ0n) is 14.8. The molecule has 1 unspecified atom stereocenters. The first-order valence-electron chi connectivity index (χ1n) is 8.95. The van der Waals surface area contributed by atoms with E-state index in [2.05, 4.69) is 9.88 Å². The number of hydrogen-bond donors (Lipinski definition) is 1. The molecule has 1 aromatic carbocycles. The van der Waals surface area contributed by atoms with Gasteiger partial charge >= 0.3 is 0 Å². The van der Waals surface area contributed by atoms with Gasteiger partial charge in [-0.3, -0.25) is 9.69 Å². The molecule has 7 heteroatoms. The smallest absolute Gasteiger partial charge is 0.273 e. The van der Waals surface area contributed by atoms with Gasteiger partial charge in [0.15, 0.2) is 0 Å². The topological polar surface area (TPSA) is 56.7 Å². The SMILES string of the molecule is O=C(c1csc(-c2ccccc2)n1)N1CCN(CC(O)c2cccs2)CC1. The van der Waals surface area contributed by atoms with Gasteiger partial charge in [-0.25, -0.2) is 4.98 Å². The van der Waals surface area contributed by atoms with E-state index in [9.17, 15) is 9.90 Å². The number of thiophene rings is 1. The van der Waals surface area contributed by atoms with E-state index in [1.54, 1.807) is 11.3 Å². The highest BCUT2D eigenvalue weighted by Crippen LogP contribution is 2.24. The lowest BCUT2D eigenvalue weighted by Gasteiger charge is -2.35. The summed E-state index contributed by atoms with van der Waals surface area (Å²) < 4.78 is 0. The second-order valence-electron chi connectivity index (χ2n) is 6.53. The van der Waals surface area contributed by atoms with Crippen molar-refractivity contribution in [2.24, 2.45) is 0 Å². The molecule has 0 spiro atoms. The fourth-order valence-electron chi connectivity index (χ4n) is 3.20. The lowest BCUT2D eigenvalue weighted by Crippen LogP contribution is -2.49. The normalized spacial score (nSPS) is 16.4. The van der Waals surface area contributed by atoms with Gasteiger partial charge in [0, 0.05) is 48.5 Å². The van der Waals surface area contributed by atoms with Gasteiger partial charge in [-0.2, -0.15) is 0 Å². The van der Waals surface area contributed by atoms with Crippen LogP contribution in [0.2, 0.25) is 0 Å². The Hall–Kier alpha value is -2.06. The number of hydrogen-bond acceptors (Lipinski definition) is 6. The lowest BCUT2D eigenvalue weighted by molar-refractivity contribution is 0.0529. The molecule has 1 atom stereocenters. The molecule has 0 aliphatic carbocycles. The van der Waals surface area contributed by atoms with E-state index in [0.717, 1.165) is 28.5 Å². The average molecular weight is 400 g/mol. The summed E-state index contributed by atoms with van der Waals surface area (Å²) in [4.78, 5) is 22.4. The molecule has 140 valence electrons. The highest BCUT2D eigenvalue weighted by atomic mass is 32.1. The Morgan fingerprint density at radius 2 is 1.85 bits per heavy atom. The molecule has 3 heterocycles. The zero-order chi connectivity index (χ0) is 18.6. The first kappa shape index (κ1) is 18.3. The summed E-state index contributed by atoms with van der Waals surface area (Å²) in [5.41, 5.74) is 1.56. The summed E-state index contributed by atoms with van der Waals surface area (Å²) in [5, 5.41) is 15.0. The Kier molecular flexibility index (Phi) is 5.63. The Morgan fingerprint density at radius 1 is 1.07 bits per heavy atom. The van der Waals surface area contributed by atoms with Crippen LogP contribution in [-0.2, 0) is 0 Å². The van der Waals surface area contributed by atoms with Gasteiger partial charge in [0.05, 0.1) is 0 Å². The van der Waals surface area contributed by atoms with Crippen molar-refractivity contribution in [1.82, 2.24) is 14.8 Å². The van der Waals surface area contributed by atoms with Crippen LogP contribution in [0.4, 0.5) is 0 Å². The van der Waals surface area contributed by atoms with Crippen molar-refractivity contribution in [3.63, 3.8) is 0 Å². The summed E-state index contributed by atoms with van der Waals surface area (Å²) in [6.45, 7) is 3.47. The molecule has 0 saturated carbocycles. The highest BCUT2D eigenvalue weighted by molar-refractivity contribution is 7.13. The van der Waals surface area contributed by atoms with Crippen molar-refractivity contribution < 1.29 is 9.90 Å². The molecule has 2 aromatic heterocycles. The van der Waals surface area contributed by atoms with Crippen LogP contribution in [0.15, 0.2) is 53.2 Å². The maximum Gasteiger partial charge on any atom is 0.273 e. The van der Waals surface area contributed by atoms with Crippen molar-refractivity contribution in [1.29, 1.82) is 0 Å². The molecule has 1 aliphatic rings. The van der Waals surface area contributed by atoms with Crippen LogP contribution in [0.25, 0.3) is 10.6 Å². The fraction of sp³-hybridized carbons (Fsp3) is 0.300. The van der Waals surface area contributed by atoms with E-state index >= 15 is 0 Å². The van der Waals surface area contributed by atoms with E-state index in [4.69, 9.17) is 0 Å². The number of carbonyl (C=O) groups excluding carboxylic acids is 1. The van der Waals surface area contributed by atoms with Crippen molar-refractivity contribution >= 4 is 28.6 Å². The van der Waals surface area contributed by atoms with Crippen LogP contribution in [0, 0.1) is 0 Å². The number of piperazine rings is 1. The number of carbonyl (C=O) groups is 1. The molecular weight excluding hydrogens is 378 g/mol. The van der Waals surface area contributed by atoms with Crippen molar-refractivity contribution in [2.45, 2.75) is 6.10 Å². The monoisotopic (exact) mass is 399 g/mol.